The molecule has 1 N–H and O–H groups in total. The number of nitrogens with zero attached hydrogens (tertiary/aromatic N) is 2. The molecule has 2 aliphatic heterocycles. The van der Waals surface area contributed by atoms with Crippen LogP contribution in [0.25, 0.3) is 0 Å². The van der Waals surface area contributed by atoms with Crippen molar-refractivity contribution in [3.05, 3.63) is 11.9 Å². The molecule has 0 amide bonds. The molecule has 2 fully saturated rings. The minimum atomic E-state index is -3.51. The molecule has 1 aromatic rings. The van der Waals surface area contributed by atoms with Crippen molar-refractivity contribution in [1.82, 2.24) is 14.5 Å². The zero-order valence-corrected chi connectivity index (χ0v) is 13.8. The summed E-state index contributed by atoms with van der Waals surface area (Å²) in [6.45, 7) is 2.94. The zero-order valence-electron chi connectivity index (χ0n) is 12.1. The van der Waals surface area contributed by atoms with Gasteiger partial charge in [0.05, 0.1) is 18.0 Å². The third-order valence-corrected chi connectivity index (χ3v) is 7.27. The van der Waals surface area contributed by atoms with Gasteiger partial charge in [0.25, 0.3) is 0 Å². The number of ether oxygens (including phenoxy) is 1. The zero-order chi connectivity index (χ0) is 14.9. The first-order chi connectivity index (χ1) is 10.1. The summed E-state index contributed by atoms with van der Waals surface area (Å²) < 4.78 is 33.3. The van der Waals surface area contributed by atoms with Crippen molar-refractivity contribution in [1.29, 1.82) is 0 Å². The van der Waals surface area contributed by atoms with Crippen LogP contribution in [0.4, 0.5) is 0 Å². The van der Waals surface area contributed by atoms with E-state index in [-0.39, 0.29) is 17.0 Å². The lowest BCUT2D eigenvalue weighted by Gasteiger charge is -2.29. The quantitative estimate of drug-likeness (QED) is 0.882. The molecule has 2 unspecified atom stereocenters. The number of thioether (sulfide) groups is 1. The van der Waals surface area contributed by atoms with Crippen LogP contribution in [0, 0.1) is 6.92 Å². The first-order valence-corrected chi connectivity index (χ1v) is 9.89. The Kier molecular flexibility index (Phi) is 4.58. The average molecular weight is 331 g/mol. The molecule has 8 heteroatoms. The molecule has 1 aromatic heterocycles. The van der Waals surface area contributed by atoms with E-state index in [9.17, 15) is 8.42 Å². The van der Waals surface area contributed by atoms with E-state index >= 15 is 0 Å². The van der Waals surface area contributed by atoms with E-state index < -0.39 is 10.0 Å². The van der Waals surface area contributed by atoms with Gasteiger partial charge in [0.2, 0.25) is 10.0 Å². The fourth-order valence-electron chi connectivity index (χ4n) is 2.91. The van der Waals surface area contributed by atoms with Crippen LogP contribution in [0.3, 0.4) is 0 Å². The summed E-state index contributed by atoms with van der Waals surface area (Å²) >= 11 is 1.82. The summed E-state index contributed by atoms with van der Waals surface area (Å²) in [5.74, 6) is 1.88. The second-order valence-corrected chi connectivity index (χ2v) is 8.60. The van der Waals surface area contributed by atoms with E-state index in [0.29, 0.717) is 12.2 Å². The molecule has 0 spiro atoms. The number of aromatic nitrogens is 2. The molecule has 2 aliphatic rings. The third kappa shape index (κ3) is 3.13. The molecule has 2 saturated heterocycles. The van der Waals surface area contributed by atoms with Gasteiger partial charge >= 0.3 is 0 Å². The molecule has 3 rings (SSSR count). The van der Waals surface area contributed by atoms with Crippen molar-refractivity contribution >= 4 is 21.8 Å². The van der Waals surface area contributed by atoms with Crippen LogP contribution >= 0.6 is 11.8 Å². The lowest BCUT2D eigenvalue weighted by molar-refractivity contribution is 0.0877. The van der Waals surface area contributed by atoms with Crippen molar-refractivity contribution in [3.8, 4) is 0 Å². The van der Waals surface area contributed by atoms with E-state index in [1.807, 2.05) is 11.8 Å². The largest absolute Gasteiger partial charge is 0.377 e. The van der Waals surface area contributed by atoms with Gasteiger partial charge in [-0.1, -0.05) is 0 Å². The summed E-state index contributed by atoms with van der Waals surface area (Å²) in [6, 6.07) is 0.0681. The van der Waals surface area contributed by atoms with E-state index in [0.717, 1.165) is 37.4 Å². The molecule has 6 nitrogen and oxygen atoms in total. The van der Waals surface area contributed by atoms with Gasteiger partial charge in [-0.3, -0.25) is 5.10 Å². The Hall–Kier alpha value is -0.570. The first kappa shape index (κ1) is 15.3. The highest BCUT2D eigenvalue weighted by Gasteiger charge is 2.37. The van der Waals surface area contributed by atoms with Crippen LogP contribution in [-0.4, -0.2) is 59.7 Å². The molecule has 0 saturated carbocycles. The lowest BCUT2D eigenvalue weighted by atomic mass is 10.2. The van der Waals surface area contributed by atoms with Gasteiger partial charge < -0.3 is 4.74 Å². The minimum absolute atomic E-state index is 0.0255. The second kappa shape index (κ2) is 6.28. The van der Waals surface area contributed by atoms with E-state index in [1.54, 1.807) is 11.2 Å². The topological polar surface area (TPSA) is 75.3 Å². The summed E-state index contributed by atoms with van der Waals surface area (Å²) in [4.78, 5) is 0.289. The third-order valence-electron chi connectivity index (χ3n) is 4.09. The number of nitrogens with one attached hydrogen (secondary N) is 1. The van der Waals surface area contributed by atoms with Crippen LogP contribution < -0.4 is 0 Å². The standard InChI is InChI=1S/C13H21N3O3S2/c1-10-13(7-14-15-10)21(17,18)16(11-4-6-20-9-11)8-12-3-2-5-19-12/h7,11-12H,2-6,8-9H2,1H3,(H,14,15). The highest BCUT2D eigenvalue weighted by molar-refractivity contribution is 7.99. The van der Waals surface area contributed by atoms with E-state index in [2.05, 4.69) is 10.2 Å². The maximum absolute atomic E-state index is 13.0. The van der Waals surface area contributed by atoms with Crippen molar-refractivity contribution in [2.24, 2.45) is 0 Å². The maximum Gasteiger partial charge on any atom is 0.246 e. The maximum atomic E-state index is 13.0. The Labute approximate surface area is 129 Å². The predicted molar refractivity (Wildman–Crippen MR) is 81.9 cm³/mol. The Bertz CT molecular complexity index is 575. The van der Waals surface area contributed by atoms with E-state index in [4.69, 9.17) is 4.74 Å². The van der Waals surface area contributed by atoms with Crippen LogP contribution in [0.5, 0.6) is 0 Å². The van der Waals surface area contributed by atoms with Gasteiger partial charge in [-0.25, -0.2) is 8.42 Å². The van der Waals surface area contributed by atoms with Crippen molar-refractivity contribution < 1.29 is 13.2 Å². The SMILES string of the molecule is Cc1[nH]ncc1S(=O)(=O)N(CC1CCCO1)C1CCSC1. The van der Waals surface area contributed by atoms with Crippen molar-refractivity contribution in [3.63, 3.8) is 0 Å². The normalized spacial score (nSPS) is 26.8. The second-order valence-electron chi connectivity index (χ2n) is 5.59. The van der Waals surface area contributed by atoms with Crippen LogP contribution in [0.1, 0.15) is 25.0 Å². The molecule has 3 heterocycles. The highest BCUT2D eigenvalue weighted by atomic mass is 32.2. The number of hydrogen-bond acceptors (Lipinski definition) is 5. The lowest BCUT2D eigenvalue weighted by Crippen LogP contribution is -2.44. The molecular weight excluding hydrogens is 310 g/mol. The van der Waals surface area contributed by atoms with Gasteiger partial charge in [-0.15, -0.1) is 0 Å². The van der Waals surface area contributed by atoms with Crippen LogP contribution in [0.15, 0.2) is 11.1 Å². The van der Waals surface area contributed by atoms with Gasteiger partial charge in [-0.2, -0.15) is 21.2 Å². The van der Waals surface area contributed by atoms with Gasteiger partial charge in [0.1, 0.15) is 4.90 Å². The van der Waals surface area contributed by atoms with Crippen molar-refractivity contribution in [2.75, 3.05) is 24.7 Å². The Morgan fingerprint density at radius 1 is 1.52 bits per heavy atom. The van der Waals surface area contributed by atoms with Crippen LogP contribution in [-0.2, 0) is 14.8 Å². The Morgan fingerprint density at radius 2 is 2.38 bits per heavy atom. The van der Waals surface area contributed by atoms with Gasteiger partial charge in [0, 0.05) is 24.9 Å². The average Bonchev–Trinajstić information content (AvgIpc) is 3.18. The summed E-state index contributed by atoms with van der Waals surface area (Å²) in [6.07, 6.45) is 4.31. The fourth-order valence-corrected chi connectivity index (χ4v) is 6.03. The number of sulfonamides is 1. The summed E-state index contributed by atoms with van der Waals surface area (Å²) in [7, 11) is -3.51. The summed E-state index contributed by atoms with van der Waals surface area (Å²) in [5, 5.41) is 6.58. The minimum Gasteiger partial charge on any atom is -0.377 e. The van der Waals surface area contributed by atoms with Gasteiger partial charge in [-0.05, 0) is 31.9 Å². The molecule has 0 aliphatic carbocycles. The fraction of sp³-hybridized carbons (Fsp3) is 0.769. The molecule has 0 aromatic carbocycles. The smallest absolute Gasteiger partial charge is 0.246 e. The predicted octanol–water partition coefficient (Wildman–Crippen LogP) is 1.39. The molecule has 0 bridgehead atoms. The molecule has 0 radical (unpaired) electrons. The number of aryl methyl sites for hydroxylation is 1. The summed E-state index contributed by atoms with van der Waals surface area (Å²) in [5.41, 5.74) is 0.595. The Morgan fingerprint density at radius 3 is 2.95 bits per heavy atom. The number of H-pyrrole nitrogens is 1. The molecule has 118 valence electrons. The monoisotopic (exact) mass is 331 g/mol. The molecule has 2 atom stereocenters. The Balaban J connectivity index is 1.88. The number of rotatable bonds is 5. The molecule has 21 heavy (non-hydrogen) atoms. The van der Waals surface area contributed by atoms with E-state index in [1.165, 1.54) is 6.20 Å². The molecular formula is C13H21N3O3S2. The van der Waals surface area contributed by atoms with Crippen LogP contribution in [0.2, 0.25) is 0 Å². The highest BCUT2D eigenvalue weighted by Crippen LogP contribution is 2.29. The number of hydrogen-bond donors (Lipinski definition) is 1. The first-order valence-electron chi connectivity index (χ1n) is 7.30. The van der Waals surface area contributed by atoms with Gasteiger partial charge in [0.15, 0.2) is 0 Å². The van der Waals surface area contributed by atoms with Crippen molar-refractivity contribution in [2.45, 2.75) is 43.2 Å². The number of aromatic amines is 1.